The monoisotopic (exact) mass is 339 g/mol. The highest BCUT2D eigenvalue weighted by atomic mass is 35.5. The van der Waals surface area contributed by atoms with Gasteiger partial charge in [0.1, 0.15) is 0 Å². The number of rotatable bonds is 4. The molecule has 4 nitrogen and oxygen atoms in total. The Morgan fingerprint density at radius 1 is 1.14 bits per heavy atom. The van der Waals surface area contributed by atoms with Crippen molar-refractivity contribution in [2.45, 2.75) is 45.1 Å². The minimum Gasteiger partial charge on any atom is -0.342 e. The predicted molar refractivity (Wildman–Crippen MR) is 92.6 cm³/mol. The summed E-state index contributed by atoms with van der Waals surface area (Å²) in [5.74, 6) is 0.648. The zero-order valence-electron chi connectivity index (χ0n) is 13.3. The highest BCUT2D eigenvalue weighted by Gasteiger charge is 2.29. The van der Waals surface area contributed by atoms with Gasteiger partial charge in [-0.2, -0.15) is 0 Å². The molecule has 0 spiro atoms. The van der Waals surface area contributed by atoms with Gasteiger partial charge in [-0.25, -0.2) is 0 Å². The first-order chi connectivity index (χ1) is 9.22. The average molecular weight is 340 g/mol. The lowest BCUT2D eigenvalue weighted by Gasteiger charge is -2.38. The number of nitrogens with zero attached hydrogens (tertiary/aromatic N) is 2. The topological polar surface area (TPSA) is 35.6 Å². The first kappa shape index (κ1) is 21.0. The molecule has 21 heavy (non-hydrogen) atoms. The fourth-order valence-electron chi connectivity index (χ4n) is 3.38. The molecule has 0 bridgehead atoms. The maximum atomic E-state index is 12.5. The molecule has 0 aromatic carbocycles. The molecule has 0 atom stereocenters. The van der Waals surface area contributed by atoms with Gasteiger partial charge < -0.3 is 15.1 Å². The van der Waals surface area contributed by atoms with Gasteiger partial charge in [-0.05, 0) is 51.7 Å². The summed E-state index contributed by atoms with van der Waals surface area (Å²) in [7, 11) is 2.02. The summed E-state index contributed by atoms with van der Waals surface area (Å²) in [5, 5.41) is 3.33. The molecule has 0 saturated carbocycles. The van der Waals surface area contributed by atoms with E-state index in [1.165, 1.54) is 13.0 Å². The Hall–Kier alpha value is -0.0300. The van der Waals surface area contributed by atoms with Crippen LogP contribution in [0.25, 0.3) is 0 Å². The standard InChI is InChI=1S/C15H29N3O.2ClH/c1-3-10-18-11-6-14(7-12-18)17(2)15(19)13-4-8-16-9-5-13;;/h13-14,16H,3-12H2,1-2H3;2*1H. The van der Waals surface area contributed by atoms with Gasteiger partial charge in [0.25, 0.3) is 0 Å². The molecule has 126 valence electrons. The highest BCUT2D eigenvalue weighted by molar-refractivity contribution is 5.85. The third-order valence-corrected chi connectivity index (χ3v) is 4.68. The second kappa shape index (κ2) is 10.7. The summed E-state index contributed by atoms with van der Waals surface area (Å²) < 4.78 is 0. The van der Waals surface area contributed by atoms with Gasteiger partial charge >= 0.3 is 0 Å². The van der Waals surface area contributed by atoms with E-state index in [-0.39, 0.29) is 30.7 Å². The number of hydrogen-bond acceptors (Lipinski definition) is 3. The van der Waals surface area contributed by atoms with Crippen molar-refractivity contribution in [2.24, 2.45) is 5.92 Å². The molecule has 1 N–H and O–H groups in total. The summed E-state index contributed by atoms with van der Waals surface area (Å²) in [6.45, 7) is 7.75. The van der Waals surface area contributed by atoms with Crippen molar-refractivity contribution in [3.05, 3.63) is 0 Å². The normalized spacial score (nSPS) is 21.2. The van der Waals surface area contributed by atoms with Crippen LogP contribution in [0.2, 0.25) is 0 Å². The second-order valence-corrected chi connectivity index (χ2v) is 6.05. The predicted octanol–water partition coefficient (Wildman–Crippen LogP) is 2.16. The Kier molecular flexibility index (Phi) is 10.6. The fourth-order valence-corrected chi connectivity index (χ4v) is 3.38. The largest absolute Gasteiger partial charge is 0.342 e. The lowest BCUT2D eigenvalue weighted by atomic mass is 9.94. The van der Waals surface area contributed by atoms with Crippen molar-refractivity contribution in [1.29, 1.82) is 0 Å². The van der Waals surface area contributed by atoms with Gasteiger partial charge in [-0.3, -0.25) is 4.79 Å². The molecular formula is C15H31Cl2N3O. The van der Waals surface area contributed by atoms with E-state index in [0.29, 0.717) is 11.9 Å². The number of carbonyl (C=O) groups excluding carboxylic acids is 1. The van der Waals surface area contributed by atoms with Crippen molar-refractivity contribution >= 4 is 30.7 Å². The van der Waals surface area contributed by atoms with Gasteiger partial charge in [0.05, 0.1) is 0 Å². The van der Waals surface area contributed by atoms with E-state index in [1.54, 1.807) is 0 Å². The summed E-state index contributed by atoms with van der Waals surface area (Å²) in [4.78, 5) is 17.1. The molecule has 2 rings (SSSR count). The maximum absolute atomic E-state index is 12.5. The van der Waals surface area contributed by atoms with Gasteiger partial charge in [0.15, 0.2) is 0 Å². The fraction of sp³-hybridized carbons (Fsp3) is 0.933. The highest BCUT2D eigenvalue weighted by Crippen LogP contribution is 2.20. The number of piperidine rings is 2. The quantitative estimate of drug-likeness (QED) is 0.852. The number of carbonyl (C=O) groups is 1. The Bertz CT molecular complexity index is 291. The van der Waals surface area contributed by atoms with Crippen molar-refractivity contribution in [3.63, 3.8) is 0 Å². The van der Waals surface area contributed by atoms with Crippen LogP contribution in [0.1, 0.15) is 39.0 Å². The zero-order chi connectivity index (χ0) is 13.7. The van der Waals surface area contributed by atoms with Crippen LogP contribution in [0.4, 0.5) is 0 Å². The van der Waals surface area contributed by atoms with E-state index in [0.717, 1.165) is 51.9 Å². The van der Waals surface area contributed by atoms with Crippen molar-refractivity contribution in [3.8, 4) is 0 Å². The maximum Gasteiger partial charge on any atom is 0.225 e. The minimum atomic E-state index is 0. The van der Waals surface area contributed by atoms with Crippen LogP contribution in [0.3, 0.4) is 0 Å². The minimum absolute atomic E-state index is 0. The van der Waals surface area contributed by atoms with Crippen LogP contribution < -0.4 is 5.32 Å². The van der Waals surface area contributed by atoms with Crippen LogP contribution >= 0.6 is 24.8 Å². The van der Waals surface area contributed by atoms with Gasteiger partial charge in [-0.15, -0.1) is 24.8 Å². The summed E-state index contributed by atoms with van der Waals surface area (Å²) in [5.41, 5.74) is 0. The van der Waals surface area contributed by atoms with Crippen LogP contribution in [0.15, 0.2) is 0 Å². The van der Waals surface area contributed by atoms with E-state index in [2.05, 4.69) is 22.0 Å². The van der Waals surface area contributed by atoms with Crippen LogP contribution in [0.5, 0.6) is 0 Å². The molecular weight excluding hydrogens is 309 g/mol. The third-order valence-electron chi connectivity index (χ3n) is 4.68. The second-order valence-electron chi connectivity index (χ2n) is 6.05. The van der Waals surface area contributed by atoms with Crippen molar-refractivity contribution in [1.82, 2.24) is 15.1 Å². The molecule has 2 aliphatic rings. The zero-order valence-corrected chi connectivity index (χ0v) is 15.0. The molecule has 6 heteroatoms. The van der Waals surface area contributed by atoms with Crippen molar-refractivity contribution in [2.75, 3.05) is 39.8 Å². The molecule has 0 aromatic rings. The summed E-state index contributed by atoms with van der Waals surface area (Å²) >= 11 is 0. The Balaban J connectivity index is 0.00000200. The lowest BCUT2D eigenvalue weighted by Crippen LogP contribution is -2.48. The smallest absolute Gasteiger partial charge is 0.225 e. The van der Waals surface area contributed by atoms with Crippen LogP contribution in [0, 0.1) is 5.92 Å². The molecule has 0 aliphatic carbocycles. The van der Waals surface area contributed by atoms with E-state index < -0.39 is 0 Å². The summed E-state index contributed by atoms with van der Waals surface area (Å²) in [6.07, 6.45) is 5.55. The van der Waals surface area contributed by atoms with E-state index >= 15 is 0 Å². The van der Waals surface area contributed by atoms with Gasteiger partial charge in [0, 0.05) is 32.1 Å². The molecule has 0 unspecified atom stereocenters. The first-order valence-electron chi connectivity index (χ1n) is 7.92. The van der Waals surface area contributed by atoms with E-state index in [9.17, 15) is 4.79 Å². The third kappa shape index (κ3) is 5.93. The van der Waals surface area contributed by atoms with E-state index in [1.807, 2.05) is 7.05 Å². The molecule has 1 amide bonds. The molecule has 2 saturated heterocycles. The molecule has 0 radical (unpaired) electrons. The average Bonchev–Trinajstić information content (AvgIpc) is 2.48. The lowest BCUT2D eigenvalue weighted by molar-refractivity contribution is -0.138. The Morgan fingerprint density at radius 3 is 2.24 bits per heavy atom. The molecule has 2 fully saturated rings. The SMILES string of the molecule is CCCN1CCC(N(C)C(=O)C2CCNCC2)CC1.Cl.Cl. The van der Waals surface area contributed by atoms with Crippen molar-refractivity contribution < 1.29 is 4.79 Å². The number of nitrogens with one attached hydrogen (secondary N) is 1. The van der Waals surface area contributed by atoms with E-state index in [4.69, 9.17) is 0 Å². The Labute approximate surface area is 141 Å². The molecule has 2 heterocycles. The van der Waals surface area contributed by atoms with Gasteiger partial charge in [0.2, 0.25) is 5.91 Å². The summed E-state index contributed by atoms with van der Waals surface area (Å²) in [6, 6.07) is 0.468. The number of likely N-dealkylation sites (tertiary alicyclic amines) is 1. The van der Waals surface area contributed by atoms with Gasteiger partial charge in [-0.1, -0.05) is 6.92 Å². The molecule has 2 aliphatic heterocycles. The van der Waals surface area contributed by atoms with Crippen LogP contribution in [-0.2, 0) is 4.79 Å². The first-order valence-corrected chi connectivity index (χ1v) is 7.92. The number of hydrogen-bond donors (Lipinski definition) is 1. The number of halogens is 2. The molecule has 0 aromatic heterocycles. The number of amides is 1. The van der Waals surface area contributed by atoms with Crippen LogP contribution in [-0.4, -0.2) is 61.5 Å². The Morgan fingerprint density at radius 2 is 1.71 bits per heavy atom.